The van der Waals surface area contributed by atoms with Gasteiger partial charge in [0, 0.05) is 33.0 Å². The lowest BCUT2D eigenvalue weighted by atomic mass is 9.71. The molecule has 1 N–H and O–H groups in total. The van der Waals surface area contributed by atoms with Crippen molar-refractivity contribution in [2.24, 2.45) is 5.92 Å². The number of carbonyl (C=O) groups is 2. The van der Waals surface area contributed by atoms with E-state index in [0.29, 0.717) is 0 Å². The normalized spacial score (nSPS) is 28.5. The number of fused-ring (bicyclic) bond motifs is 4. The number of para-hydroxylation sites is 1. The molecule has 1 aromatic carbocycles. The summed E-state index contributed by atoms with van der Waals surface area (Å²) in [7, 11) is 0. The number of anilines is 1. The van der Waals surface area contributed by atoms with Crippen LogP contribution in [0.15, 0.2) is 41.4 Å². The number of nitrogens with zero attached hydrogens (tertiary/aromatic N) is 3. The van der Waals surface area contributed by atoms with Crippen LogP contribution in [0.4, 0.5) is 5.69 Å². The summed E-state index contributed by atoms with van der Waals surface area (Å²) in [5, 5.41) is 3.11. The van der Waals surface area contributed by atoms with Crippen molar-refractivity contribution in [3.8, 4) is 0 Å². The average molecular weight is 477 g/mol. The van der Waals surface area contributed by atoms with E-state index in [-0.39, 0.29) is 23.7 Å². The van der Waals surface area contributed by atoms with Gasteiger partial charge >= 0.3 is 0 Å². The van der Waals surface area contributed by atoms with Gasteiger partial charge in [-0.25, -0.2) is 9.97 Å². The van der Waals surface area contributed by atoms with E-state index in [1.165, 1.54) is 11.3 Å². The maximum absolute atomic E-state index is 14.1. The van der Waals surface area contributed by atoms with Crippen LogP contribution in [-0.2, 0) is 15.1 Å². The second-order valence-electron chi connectivity index (χ2n) is 9.01. The van der Waals surface area contributed by atoms with Crippen LogP contribution in [0.5, 0.6) is 0 Å². The van der Waals surface area contributed by atoms with E-state index in [1.807, 2.05) is 49.7 Å². The van der Waals surface area contributed by atoms with Gasteiger partial charge in [-0.2, -0.15) is 0 Å². The lowest BCUT2D eigenvalue weighted by Crippen LogP contribution is -2.52. The first-order valence-electron chi connectivity index (χ1n) is 11.2. The van der Waals surface area contributed by atoms with Crippen molar-refractivity contribution in [2.45, 2.75) is 44.2 Å². The first kappa shape index (κ1) is 20.9. The molecule has 6 nitrogen and oxygen atoms in total. The smallest absolute Gasteiger partial charge is 0.250 e. The molecular formula is C25H24N4O2S2. The average Bonchev–Trinajstić information content (AvgIpc) is 3.59. The summed E-state index contributed by atoms with van der Waals surface area (Å²) >= 11 is 3.12. The number of ketones is 1. The molecule has 3 aromatic rings. The highest BCUT2D eigenvalue weighted by Gasteiger charge is 2.69. The summed E-state index contributed by atoms with van der Waals surface area (Å²) in [6.07, 6.45) is 5.53. The monoisotopic (exact) mass is 476 g/mol. The molecule has 3 aliphatic rings. The molecule has 3 aliphatic heterocycles. The van der Waals surface area contributed by atoms with E-state index < -0.39 is 11.5 Å². The van der Waals surface area contributed by atoms with Gasteiger partial charge in [0.2, 0.25) is 5.91 Å². The zero-order chi connectivity index (χ0) is 22.7. The standard InChI is InChI=1S/C25H24N4O2S2/c1-14-20(32-12-26-14)10-9-19(30)22-21(23-15(2)27-13-33-23)18-8-5-11-29(18)25(22)16-6-3-4-7-17(16)28-24(25)31/h3-4,6-7,9-10,12-13,18,21-22H,5,8,11H2,1-2H3,(H,28,31)/b10-9+/t18-,21-,22+,25+/m1/s1. The third kappa shape index (κ3) is 2.87. The van der Waals surface area contributed by atoms with Crippen LogP contribution in [0.1, 0.15) is 45.5 Å². The molecule has 0 saturated carbocycles. The number of aromatic nitrogens is 2. The molecule has 8 heteroatoms. The quantitative estimate of drug-likeness (QED) is 0.560. The molecule has 2 fully saturated rings. The Hall–Kier alpha value is -2.68. The minimum absolute atomic E-state index is 0.0122. The largest absolute Gasteiger partial charge is 0.324 e. The Bertz CT molecular complexity index is 1290. The maximum atomic E-state index is 14.1. The second kappa shape index (κ2) is 7.68. The third-order valence-electron chi connectivity index (χ3n) is 7.48. The molecule has 0 unspecified atom stereocenters. The van der Waals surface area contributed by atoms with Crippen molar-refractivity contribution >= 4 is 46.1 Å². The van der Waals surface area contributed by atoms with E-state index in [9.17, 15) is 9.59 Å². The molecule has 168 valence electrons. The van der Waals surface area contributed by atoms with Crippen LogP contribution in [0, 0.1) is 19.8 Å². The summed E-state index contributed by atoms with van der Waals surface area (Å²) in [5.41, 5.74) is 6.25. The van der Waals surface area contributed by atoms with Crippen LogP contribution >= 0.6 is 22.7 Å². The number of rotatable bonds is 4. The summed E-state index contributed by atoms with van der Waals surface area (Å²) < 4.78 is 0. The van der Waals surface area contributed by atoms with Gasteiger partial charge in [-0.3, -0.25) is 14.5 Å². The van der Waals surface area contributed by atoms with E-state index in [4.69, 9.17) is 0 Å². The molecule has 0 bridgehead atoms. The SMILES string of the molecule is Cc1ncsc1/C=C/C(=O)[C@H]1[C@H](c2scnc2C)[C@H]2CCCN2[C@]12C(=O)Nc1ccccc12. The minimum atomic E-state index is -0.997. The summed E-state index contributed by atoms with van der Waals surface area (Å²) in [4.78, 5) is 41.2. The van der Waals surface area contributed by atoms with Crippen molar-refractivity contribution in [1.29, 1.82) is 0 Å². The van der Waals surface area contributed by atoms with Gasteiger partial charge in [-0.05, 0) is 51.5 Å². The molecule has 0 radical (unpaired) electrons. The molecule has 1 amide bonds. The first-order chi connectivity index (χ1) is 16.0. The zero-order valence-electron chi connectivity index (χ0n) is 18.4. The van der Waals surface area contributed by atoms with E-state index >= 15 is 0 Å². The Morgan fingerprint density at radius 1 is 1.18 bits per heavy atom. The van der Waals surface area contributed by atoms with Crippen molar-refractivity contribution in [3.05, 3.63) is 68.1 Å². The van der Waals surface area contributed by atoms with Crippen molar-refractivity contribution in [3.63, 3.8) is 0 Å². The van der Waals surface area contributed by atoms with Crippen LogP contribution < -0.4 is 5.32 Å². The van der Waals surface area contributed by atoms with Gasteiger partial charge in [0.05, 0.1) is 28.3 Å². The molecule has 6 rings (SSSR count). The van der Waals surface area contributed by atoms with Crippen LogP contribution in [0.25, 0.3) is 6.08 Å². The number of carbonyl (C=O) groups excluding carboxylic acids is 2. The lowest BCUT2D eigenvalue weighted by Gasteiger charge is -2.36. The molecular weight excluding hydrogens is 452 g/mol. The fourth-order valence-corrected chi connectivity index (χ4v) is 7.89. The molecule has 33 heavy (non-hydrogen) atoms. The Morgan fingerprint density at radius 2 is 1.97 bits per heavy atom. The van der Waals surface area contributed by atoms with Crippen molar-refractivity contribution in [1.82, 2.24) is 14.9 Å². The number of nitrogens with one attached hydrogen (secondary N) is 1. The Morgan fingerprint density at radius 3 is 2.73 bits per heavy atom. The van der Waals surface area contributed by atoms with Crippen LogP contribution in [-0.4, -0.2) is 39.1 Å². The molecule has 1 spiro atoms. The van der Waals surface area contributed by atoms with E-state index in [1.54, 1.807) is 22.9 Å². The molecule has 5 heterocycles. The third-order valence-corrected chi connectivity index (χ3v) is 9.41. The molecule has 2 saturated heterocycles. The molecule has 2 aromatic heterocycles. The zero-order valence-corrected chi connectivity index (χ0v) is 20.1. The van der Waals surface area contributed by atoms with Crippen molar-refractivity contribution < 1.29 is 9.59 Å². The maximum Gasteiger partial charge on any atom is 0.250 e. The highest BCUT2D eigenvalue weighted by molar-refractivity contribution is 7.10. The predicted molar refractivity (Wildman–Crippen MR) is 130 cm³/mol. The van der Waals surface area contributed by atoms with E-state index in [0.717, 1.165) is 51.8 Å². The summed E-state index contributed by atoms with van der Waals surface area (Å²) in [6, 6.07) is 7.99. The topological polar surface area (TPSA) is 75.2 Å². The number of hydrogen-bond acceptors (Lipinski definition) is 7. The van der Waals surface area contributed by atoms with Crippen LogP contribution in [0.3, 0.4) is 0 Å². The first-order valence-corrected chi connectivity index (χ1v) is 13.0. The highest BCUT2D eigenvalue weighted by Crippen LogP contribution is 2.61. The fraction of sp³-hybridized carbons (Fsp3) is 0.360. The predicted octanol–water partition coefficient (Wildman–Crippen LogP) is 4.52. The number of benzene rings is 1. The number of amides is 1. The highest BCUT2D eigenvalue weighted by atomic mass is 32.1. The minimum Gasteiger partial charge on any atom is -0.324 e. The lowest BCUT2D eigenvalue weighted by molar-refractivity contribution is -0.134. The van der Waals surface area contributed by atoms with Gasteiger partial charge in [0.25, 0.3) is 0 Å². The Balaban J connectivity index is 1.55. The number of hydrogen-bond donors (Lipinski definition) is 1. The van der Waals surface area contributed by atoms with E-state index in [2.05, 4.69) is 20.2 Å². The Kier molecular flexibility index (Phi) is 4.87. The summed E-state index contributed by atoms with van der Waals surface area (Å²) in [6.45, 7) is 4.76. The number of allylic oxidation sites excluding steroid dienone is 1. The van der Waals surface area contributed by atoms with Gasteiger partial charge in [0.15, 0.2) is 5.78 Å². The molecule has 4 atom stereocenters. The van der Waals surface area contributed by atoms with Gasteiger partial charge in [-0.1, -0.05) is 18.2 Å². The number of thiazole rings is 2. The number of aryl methyl sites for hydroxylation is 2. The van der Waals surface area contributed by atoms with Gasteiger partial charge in [0.1, 0.15) is 5.54 Å². The Labute approximate surface area is 200 Å². The van der Waals surface area contributed by atoms with Crippen LogP contribution in [0.2, 0.25) is 0 Å². The van der Waals surface area contributed by atoms with Gasteiger partial charge in [-0.15, -0.1) is 22.7 Å². The fourth-order valence-electron chi connectivity index (χ4n) is 6.20. The second-order valence-corrected chi connectivity index (χ2v) is 10.8. The van der Waals surface area contributed by atoms with Crippen molar-refractivity contribution in [2.75, 3.05) is 11.9 Å². The summed E-state index contributed by atoms with van der Waals surface area (Å²) in [5.74, 6) is -0.686. The van der Waals surface area contributed by atoms with Gasteiger partial charge < -0.3 is 5.32 Å². The molecule has 0 aliphatic carbocycles.